The van der Waals surface area contributed by atoms with Crippen LogP contribution in [0.4, 0.5) is 0 Å². The summed E-state index contributed by atoms with van der Waals surface area (Å²) in [6.07, 6.45) is 1.48. The van der Waals surface area contributed by atoms with E-state index in [1.807, 2.05) is 24.3 Å². The van der Waals surface area contributed by atoms with E-state index in [0.717, 1.165) is 11.1 Å². The number of aromatic nitrogens is 2. The maximum Gasteiger partial charge on any atom is 0.228 e. The number of phenols is 1. The summed E-state index contributed by atoms with van der Waals surface area (Å²) < 4.78 is 13.0. The Morgan fingerprint density at radius 1 is 1.22 bits per heavy atom. The molecule has 3 N–H and O–H groups in total. The van der Waals surface area contributed by atoms with E-state index in [1.165, 1.54) is 6.33 Å². The fraction of sp³-hybridized carbons (Fsp3) is 0.200. The molecule has 138 valence electrons. The highest BCUT2D eigenvalue weighted by Crippen LogP contribution is 2.47. The van der Waals surface area contributed by atoms with Crippen molar-refractivity contribution < 1.29 is 19.7 Å². The number of para-hydroxylation sites is 1. The summed E-state index contributed by atoms with van der Waals surface area (Å²) in [4.78, 5) is 4.35. The number of methoxy groups -OCH3 is 1. The molecule has 2 heterocycles. The number of ether oxygens (including phenoxy) is 2. The van der Waals surface area contributed by atoms with Gasteiger partial charge in [0, 0.05) is 23.7 Å². The molecule has 0 fully saturated rings. The molecule has 0 unspecified atom stereocenters. The molecule has 0 spiro atoms. The molecule has 3 aromatic rings. The highest BCUT2D eigenvalue weighted by molar-refractivity contribution is 5.59. The summed E-state index contributed by atoms with van der Waals surface area (Å²) in [5.74, 6) is 1.22. The van der Waals surface area contributed by atoms with Crippen molar-refractivity contribution in [1.82, 2.24) is 9.55 Å². The lowest BCUT2D eigenvalue weighted by molar-refractivity contribution is 0.271. The van der Waals surface area contributed by atoms with Gasteiger partial charge in [0.1, 0.15) is 29.1 Å². The molecule has 0 saturated heterocycles. The van der Waals surface area contributed by atoms with E-state index in [4.69, 9.17) is 14.9 Å². The van der Waals surface area contributed by atoms with Gasteiger partial charge in [0.05, 0.1) is 25.2 Å². The van der Waals surface area contributed by atoms with Crippen LogP contribution in [0.1, 0.15) is 22.6 Å². The lowest BCUT2D eigenvalue weighted by Crippen LogP contribution is -2.30. The third-order valence-corrected chi connectivity index (χ3v) is 4.68. The zero-order valence-corrected chi connectivity index (χ0v) is 14.7. The Hall–Kier alpha value is -3.32. The Morgan fingerprint density at radius 2 is 2.04 bits per heavy atom. The largest absolute Gasteiger partial charge is 0.508 e. The SMILES string of the molecule is COc1ccccc1[C@@H]1c2ccc(O)cc2Oc2ncn(CCO)c(=N)c21. The molecule has 0 aliphatic carbocycles. The van der Waals surface area contributed by atoms with Gasteiger partial charge in [-0.1, -0.05) is 24.3 Å². The van der Waals surface area contributed by atoms with Gasteiger partial charge in [0.25, 0.3) is 0 Å². The zero-order chi connectivity index (χ0) is 19.0. The van der Waals surface area contributed by atoms with Crippen molar-refractivity contribution >= 4 is 0 Å². The minimum absolute atomic E-state index is 0.0911. The van der Waals surface area contributed by atoms with E-state index in [1.54, 1.807) is 29.9 Å². The number of aliphatic hydroxyl groups excluding tert-OH is 1. The number of rotatable bonds is 4. The average Bonchev–Trinajstić information content (AvgIpc) is 2.68. The molecule has 0 radical (unpaired) electrons. The maximum absolute atomic E-state index is 9.87. The van der Waals surface area contributed by atoms with Gasteiger partial charge in [0.2, 0.25) is 5.88 Å². The molecular weight excluding hydrogens is 346 g/mol. The number of aromatic hydroxyl groups is 1. The van der Waals surface area contributed by atoms with Gasteiger partial charge in [0.15, 0.2) is 0 Å². The van der Waals surface area contributed by atoms with Crippen LogP contribution in [0.3, 0.4) is 0 Å². The molecule has 2 aromatic carbocycles. The van der Waals surface area contributed by atoms with Crippen molar-refractivity contribution in [2.75, 3.05) is 13.7 Å². The zero-order valence-electron chi connectivity index (χ0n) is 14.7. The molecule has 0 saturated carbocycles. The van der Waals surface area contributed by atoms with E-state index < -0.39 is 0 Å². The molecule has 1 aromatic heterocycles. The number of benzene rings is 2. The summed E-state index contributed by atoms with van der Waals surface area (Å²) in [6.45, 7) is 0.168. The fourth-order valence-electron chi connectivity index (χ4n) is 3.46. The van der Waals surface area contributed by atoms with Gasteiger partial charge in [-0.3, -0.25) is 5.41 Å². The summed E-state index contributed by atoms with van der Waals surface area (Å²) in [7, 11) is 1.60. The third kappa shape index (κ3) is 2.82. The first-order valence-corrected chi connectivity index (χ1v) is 8.52. The fourth-order valence-corrected chi connectivity index (χ4v) is 3.46. The summed E-state index contributed by atoms with van der Waals surface area (Å²) in [5.41, 5.74) is 2.48. The monoisotopic (exact) mass is 365 g/mol. The van der Waals surface area contributed by atoms with Crippen LogP contribution < -0.4 is 15.0 Å². The number of hydrogen-bond donors (Lipinski definition) is 3. The molecule has 7 heteroatoms. The number of aliphatic hydroxyl groups is 1. The number of nitrogens with one attached hydrogen (secondary N) is 1. The Morgan fingerprint density at radius 3 is 2.81 bits per heavy atom. The van der Waals surface area contributed by atoms with Crippen molar-refractivity contribution in [1.29, 1.82) is 5.41 Å². The van der Waals surface area contributed by atoms with Crippen molar-refractivity contribution in [2.24, 2.45) is 0 Å². The minimum atomic E-state index is -0.355. The van der Waals surface area contributed by atoms with Crippen LogP contribution in [0.25, 0.3) is 0 Å². The number of fused-ring (bicyclic) bond motifs is 2. The Kier molecular flexibility index (Phi) is 4.29. The first-order chi connectivity index (χ1) is 13.1. The number of nitrogens with zero attached hydrogens (tertiary/aromatic N) is 2. The van der Waals surface area contributed by atoms with Crippen LogP contribution in [0.5, 0.6) is 23.1 Å². The molecule has 1 atom stereocenters. The quantitative estimate of drug-likeness (QED) is 0.515. The maximum atomic E-state index is 9.87. The van der Waals surface area contributed by atoms with E-state index in [9.17, 15) is 10.2 Å². The van der Waals surface area contributed by atoms with E-state index >= 15 is 0 Å². The van der Waals surface area contributed by atoms with Crippen molar-refractivity contribution in [3.05, 3.63) is 71.0 Å². The van der Waals surface area contributed by atoms with Crippen LogP contribution in [0.15, 0.2) is 48.8 Å². The summed E-state index contributed by atoms with van der Waals surface area (Å²) >= 11 is 0. The summed E-state index contributed by atoms with van der Waals surface area (Å²) in [5, 5.41) is 27.8. The normalized spacial score (nSPS) is 14.8. The second-order valence-corrected chi connectivity index (χ2v) is 6.23. The Balaban J connectivity index is 2.02. The van der Waals surface area contributed by atoms with E-state index in [0.29, 0.717) is 22.9 Å². The first kappa shape index (κ1) is 17.1. The Labute approximate surface area is 155 Å². The third-order valence-electron chi connectivity index (χ3n) is 4.68. The van der Waals surface area contributed by atoms with Crippen LogP contribution in [-0.2, 0) is 6.54 Å². The molecular formula is C20H19N3O4. The predicted octanol–water partition coefficient (Wildman–Crippen LogP) is 2.35. The van der Waals surface area contributed by atoms with Crippen molar-refractivity contribution in [2.45, 2.75) is 12.5 Å². The molecule has 27 heavy (non-hydrogen) atoms. The van der Waals surface area contributed by atoms with Gasteiger partial charge in [-0.15, -0.1) is 0 Å². The highest BCUT2D eigenvalue weighted by Gasteiger charge is 2.33. The molecule has 1 aliphatic rings. The highest BCUT2D eigenvalue weighted by atomic mass is 16.5. The Bertz CT molecular complexity index is 1060. The predicted molar refractivity (Wildman–Crippen MR) is 97.3 cm³/mol. The second-order valence-electron chi connectivity index (χ2n) is 6.23. The number of phenolic OH excluding ortho intramolecular Hbond substituents is 1. The van der Waals surface area contributed by atoms with Crippen LogP contribution >= 0.6 is 0 Å². The second kappa shape index (κ2) is 6.77. The van der Waals surface area contributed by atoms with Crippen molar-refractivity contribution in [3.63, 3.8) is 0 Å². The smallest absolute Gasteiger partial charge is 0.228 e. The van der Waals surface area contributed by atoms with Gasteiger partial charge >= 0.3 is 0 Å². The summed E-state index contributed by atoms with van der Waals surface area (Å²) in [6, 6.07) is 12.5. The van der Waals surface area contributed by atoms with E-state index in [-0.39, 0.29) is 30.3 Å². The van der Waals surface area contributed by atoms with Gasteiger partial charge in [-0.25, -0.2) is 4.98 Å². The minimum Gasteiger partial charge on any atom is -0.508 e. The lowest BCUT2D eigenvalue weighted by Gasteiger charge is -2.29. The molecule has 1 aliphatic heterocycles. The van der Waals surface area contributed by atoms with E-state index in [2.05, 4.69) is 4.98 Å². The van der Waals surface area contributed by atoms with Gasteiger partial charge < -0.3 is 24.3 Å². The van der Waals surface area contributed by atoms with Gasteiger partial charge in [-0.2, -0.15) is 0 Å². The first-order valence-electron chi connectivity index (χ1n) is 8.52. The van der Waals surface area contributed by atoms with Crippen LogP contribution in [0, 0.1) is 5.41 Å². The topological polar surface area (TPSA) is 101 Å². The molecule has 4 rings (SSSR count). The van der Waals surface area contributed by atoms with Crippen LogP contribution in [0.2, 0.25) is 0 Å². The average molecular weight is 365 g/mol. The van der Waals surface area contributed by atoms with Gasteiger partial charge in [-0.05, 0) is 12.1 Å². The molecule has 0 amide bonds. The standard InChI is InChI=1S/C20H19N3O4/c1-26-15-5-3-2-4-13(15)17-14-7-6-12(25)10-16(14)27-20-18(17)19(21)23(8-9-24)11-22-20/h2-7,10-11,17,21,24-25H,8-9H2,1H3/t17-/m1/s1. The van der Waals surface area contributed by atoms with Crippen molar-refractivity contribution in [3.8, 4) is 23.1 Å². The van der Waals surface area contributed by atoms with Crippen LogP contribution in [-0.4, -0.2) is 33.5 Å². The molecule has 0 bridgehead atoms. The molecule has 7 nitrogen and oxygen atoms in total. The lowest BCUT2D eigenvalue weighted by atomic mass is 9.83. The number of hydrogen-bond acceptors (Lipinski definition) is 6.